The minimum atomic E-state index is -0.0781. The first-order valence-corrected chi connectivity index (χ1v) is 5.58. The van der Waals surface area contributed by atoms with E-state index < -0.39 is 0 Å². The lowest BCUT2D eigenvalue weighted by Gasteiger charge is -2.24. The van der Waals surface area contributed by atoms with E-state index in [2.05, 4.69) is 33.0 Å². The quantitative estimate of drug-likeness (QED) is 0.752. The molecule has 0 aliphatic carbocycles. The van der Waals surface area contributed by atoms with Crippen LogP contribution in [0.3, 0.4) is 0 Å². The number of hydrogen-bond acceptors (Lipinski definition) is 2. The fourth-order valence-electron chi connectivity index (χ4n) is 1.85. The molecule has 0 saturated carbocycles. The fourth-order valence-corrected chi connectivity index (χ4v) is 1.85. The number of carbonyl (C=O) groups is 1. The van der Waals surface area contributed by atoms with Gasteiger partial charge in [0.1, 0.15) is 5.78 Å². The molecular formula is C12H23NO. The highest BCUT2D eigenvalue weighted by atomic mass is 16.1. The maximum Gasteiger partial charge on any atom is 0.140 e. The van der Waals surface area contributed by atoms with Crippen LogP contribution in [0.25, 0.3) is 0 Å². The maximum atomic E-state index is 12.0. The molecule has 82 valence electrons. The van der Waals surface area contributed by atoms with Gasteiger partial charge in [-0.1, -0.05) is 27.7 Å². The zero-order valence-electron chi connectivity index (χ0n) is 9.94. The zero-order chi connectivity index (χ0) is 10.8. The van der Waals surface area contributed by atoms with Crippen LogP contribution in [0.1, 0.15) is 47.0 Å². The van der Waals surface area contributed by atoms with E-state index in [1.165, 1.54) is 0 Å². The molecule has 1 saturated heterocycles. The van der Waals surface area contributed by atoms with Gasteiger partial charge in [-0.2, -0.15) is 0 Å². The summed E-state index contributed by atoms with van der Waals surface area (Å²) in [6.45, 7) is 10.5. The molecule has 0 radical (unpaired) electrons. The standard InChI is InChI=1S/C12H23NO/c1-11(2,3)6-5-10(14)12(4)7-8-13-9-12/h13H,5-9H2,1-4H3. The van der Waals surface area contributed by atoms with Gasteiger partial charge < -0.3 is 5.32 Å². The summed E-state index contributed by atoms with van der Waals surface area (Å²) >= 11 is 0. The molecule has 2 heteroatoms. The minimum Gasteiger partial charge on any atom is -0.316 e. The Kier molecular flexibility index (Phi) is 3.36. The second-order valence-electron chi connectivity index (χ2n) is 5.97. The Morgan fingerprint density at radius 2 is 2.07 bits per heavy atom. The van der Waals surface area contributed by atoms with Crippen molar-refractivity contribution in [2.45, 2.75) is 47.0 Å². The Labute approximate surface area is 87.5 Å². The van der Waals surface area contributed by atoms with Crippen LogP contribution < -0.4 is 5.32 Å². The van der Waals surface area contributed by atoms with Crippen LogP contribution in [0.4, 0.5) is 0 Å². The molecule has 1 aliphatic heterocycles. The van der Waals surface area contributed by atoms with Crippen LogP contribution in [0.15, 0.2) is 0 Å². The lowest BCUT2D eigenvalue weighted by molar-refractivity contribution is -0.127. The van der Waals surface area contributed by atoms with Gasteiger partial charge in [0, 0.05) is 18.4 Å². The van der Waals surface area contributed by atoms with E-state index in [0.29, 0.717) is 5.78 Å². The average Bonchev–Trinajstić information content (AvgIpc) is 2.48. The van der Waals surface area contributed by atoms with Gasteiger partial charge in [-0.05, 0) is 24.8 Å². The van der Waals surface area contributed by atoms with Crippen LogP contribution in [0.2, 0.25) is 0 Å². The van der Waals surface area contributed by atoms with Crippen molar-refractivity contribution >= 4 is 5.78 Å². The Balaban J connectivity index is 2.42. The predicted octanol–water partition coefficient (Wildman–Crippen LogP) is 2.38. The van der Waals surface area contributed by atoms with Crippen molar-refractivity contribution in [3.63, 3.8) is 0 Å². The summed E-state index contributed by atoms with van der Waals surface area (Å²) in [6, 6.07) is 0. The van der Waals surface area contributed by atoms with Crippen molar-refractivity contribution in [1.82, 2.24) is 5.32 Å². The highest BCUT2D eigenvalue weighted by Gasteiger charge is 2.35. The number of rotatable bonds is 3. The Morgan fingerprint density at radius 1 is 1.43 bits per heavy atom. The molecule has 1 rings (SSSR count). The molecule has 1 fully saturated rings. The van der Waals surface area contributed by atoms with Gasteiger partial charge in [0.25, 0.3) is 0 Å². The van der Waals surface area contributed by atoms with Crippen molar-refractivity contribution in [2.75, 3.05) is 13.1 Å². The lowest BCUT2D eigenvalue weighted by Crippen LogP contribution is -2.30. The first kappa shape index (κ1) is 11.7. The minimum absolute atomic E-state index is 0.0781. The highest BCUT2D eigenvalue weighted by molar-refractivity contribution is 5.85. The summed E-state index contributed by atoms with van der Waals surface area (Å²) < 4.78 is 0. The zero-order valence-corrected chi connectivity index (χ0v) is 9.94. The van der Waals surface area contributed by atoms with E-state index in [4.69, 9.17) is 0 Å². The highest BCUT2D eigenvalue weighted by Crippen LogP contribution is 2.30. The number of ketones is 1. The second-order valence-corrected chi connectivity index (χ2v) is 5.97. The number of Topliss-reactive ketones (excluding diaryl/α,β-unsaturated/α-hetero) is 1. The fraction of sp³-hybridized carbons (Fsp3) is 0.917. The third-order valence-electron chi connectivity index (χ3n) is 3.14. The summed E-state index contributed by atoms with van der Waals surface area (Å²) in [5.41, 5.74) is 0.198. The molecule has 0 aromatic carbocycles. The molecule has 1 aliphatic rings. The van der Waals surface area contributed by atoms with Crippen LogP contribution >= 0.6 is 0 Å². The molecule has 0 bridgehead atoms. The van der Waals surface area contributed by atoms with Crippen LogP contribution in [-0.4, -0.2) is 18.9 Å². The summed E-state index contributed by atoms with van der Waals surface area (Å²) in [5, 5.41) is 3.27. The Morgan fingerprint density at radius 3 is 2.50 bits per heavy atom. The summed E-state index contributed by atoms with van der Waals surface area (Å²) in [6.07, 6.45) is 2.75. The molecule has 1 N–H and O–H groups in total. The molecular weight excluding hydrogens is 174 g/mol. The predicted molar refractivity (Wildman–Crippen MR) is 59.3 cm³/mol. The number of carbonyl (C=O) groups excluding carboxylic acids is 1. The normalized spacial score (nSPS) is 28.0. The molecule has 0 amide bonds. The maximum absolute atomic E-state index is 12.0. The van der Waals surface area contributed by atoms with Crippen LogP contribution in [0.5, 0.6) is 0 Å². The van der Waals surface area contributed by atoms with Gasteiger partial charge >= 0.3 is 0 Å². The third kappa shape index (κ3) is 3.09. The average molecular weight is 197 g/mol. The van der Waals surface area contributed by atoms with Gasteiger partial charge in [-0.15, -0.1) is 0 Å². The first-order chi connectivity index (χ1) is 6.33. The Bertz CT molecular complexity index is 209. The summed E-state index contributed by atoms with van der Waals surface area (Å²) in [4.78, 5) is 12.0. The molecule has 1 atom stereocenters. The number of nitrogens with one attached hydrogen (secondary N) is 1. The monoisotopic (exact) mass is 197 g/mol. The van der Waals surface area contributed by atoms with E-state index >= 15 is 0 Å². The van der Waals surface area contributed by atoms with E-state index in [9.17, 15) is 4.79 Å². The second kappa shape index (κ2) is 4.01. The van der Waals surface area contributed by atoms with Crippen molar-refractivity contribution in [3.8, 4) is 0 Å². The number of hydrogen-bond donors (Lipinski definition) is 1. The Hall–Kier alpha value is -0.370. The SMILES string of the molecule is CC(C)(C)CCC(=O)C1(C)CCNC1. The lowest BCUT2D eigenvalue weighted by atomic mass is 9.79. The van der Waals surface area contributed by atoms with Crippen molar-refractivity contribution in [3.05, 3.63) is 0 Å². The molecule has 2 nitrogen and oxygen atoms in total. The molecule has 1 unspecified atom stereocenters. The van der Waals surface area contributed by atoms with Gasteiger partial charge in [0.15, 0.2) is 0 Å². The molecule has 0 aromatic rings. The smallest absolute Gasteiger partial charge is 0.140 e. The van der Waals surface area contributed by atoms with Gasteiger partial charge in [-0.25, -0.2) is 0 Å². The molecule has 0 spiro atoms. The van der Waals surface area contributed by atoms with Crippen LogP contribution in [0, 0.1) is 10.8 Å². The van der Waals surface area contributed by atoms with E-state index in [1.54, 1.807) is 0 Å². The van der Waals surface area contributed by atoms with E-state index in [0.717, 1.165) is 32.4 Å². The van der Waals surface area contributed by atoms with Gasteiger partial charge in [0.05, 0.1) is 0 Å². The molecule has 0 aromatic heterocycles. The van der Waals surface area contributed by atoms with E-state index in [-0.39, 0.29) is 10.8 Å². The summed E-state index contributed by atoms with van der Waals surface area (Å²) in [7, 11) is 0. The third-order valence-corrected chi connectivity index (χ3v) is 3.14. The molecule has 1 heterocycles. The van der Waals surface area contributed by atoms with Gasteiger partial charge in [0.2, 0.25) is 0 Å². The largest absolute Gasteiger partial charge is 0.316 e. The van der Waals surface area contributed by atoms with Crippen molar-refractivity contribution < 1.29 is 4.79 Å². The van der Waals surface area contributed by atoms with E-state index in [1.807, 2.05) is 0 Å². The first-order valence-electron chi connectivity index (χ1n) is 5.58. The van der Waals surface area contributed by atoms with Crippen molar-refractivity contribution in [1.29, 1.82) is 0 Å². The van der Waals surface area contributed by atoms with Crippen LogP contribution in [-0.2, 0) is 4.79 Å². The van der Waals surface area contributed by atoms with Gasteiger partial charge in [-0.3, -0.25) is 4.79 Å². The van der Waals surface area contributed by atoms with Crippen molar-refractivity contribution in [2.24, 2.45) is 10.8 Å². The summed E-state index contributed by atoms with van der Waals surface area (Å²) in [5.74, 6) is 0.442. The topological polar surface area (TPSA) is 29.1 Å². The molecule has 14 heavy (non-hydrogen) atoms.